The lowest BCUT2D eigenvalue weighted by molar-refractivity contribution is -0.150. The first-order chi connectivity index (χ1) is 5.57. The number of ether oxygens (including phenoxy) is 1. The Balaban J connectivity index is 2.70. The first-order valence-corrected chi connectivity index (χ1v) is 3.61. The van der Waals surface area contributed by atoms with Gasteiger partial charge in [0.2, 0.25) is 0 Å². The molecule has 0 spiro atoms. The van der Waals surface area contributed by atoms with Crippen molar-refractivity contribution in [2.45, 2.75) is 19.1 Å². The zero-order valence-corrected chi connectivity index (χ0v) is 6.56. The molecule has 1 saturated heterocycles. The van der Waals surface area contributed by atoms with Crippen molar-refractivity contribution in [3.05, 3.63) is 0 Å². The van der Waals surface area contributed by atoms with Gasteiger partial charge in [0.15, 0.2) is 6.10 Å². The van der Waals surface area contributed by atoms with Gasteiger partial charge in [-0.2, -0.15) is 0 Å². The summed E-state index contributed by atoms with van der Waals surface area (Å²) in [6, 6.07) is 0. The Kier molecular flexibility index (Phi) is 2.44. The number of Topliss-reactive ketones (excluding diaryl/α,β-unsaturated/α-hetero) is 1. The highest BCUT2D eigenvalue weighted by molar-refractivity contribution is 6.37. The van der Waals surface area contributed by atoms with Crippen LogP contribution in [-0.4, -0.2) is 40.8 Å². The van der Waals surface area contributed by atoms with Crippen LogP contribution < -0.4 is 0 Å². The number of cyclic esters (lactones) is 1. The number of esters is 1. The fourth-order valence-electron chi connectivity index (χ4n) is 1.05. The molecule has 0 radical (unpaired) electrons. The van der Waals surface area contributed by atoms with Crippen LogP contribution in [0.2, 0.25) is 0 Å². The Morgan fingerprint density at radius 1 is 1.58 bits per heavy atom. The maximum atomic E-state index is 10.7. The van der Waals surface area contributed by atoms with Crippen molar-refractivity contribution >= 4 is 11.8 Å². The van der Waals surface area contributed by atoms with Crippen LogP contribution in [0.25, 0.3) is 0 Å². The third kappa shape index (κ3) is 1.33. The number of carbonyl (C=O) groups excluding carboxylic acids is 2. The Labute approximate surface area is 68.9 Å². The van der Waals surface area contributed by atoms with Gasteiger partial charge >= 0.3 is 5.97 Å². The van der Waals surface area contributed by atoms with Gasteiger partial charge in [0, 0.05) is 12.5 Å². The molecule has 3 unspecified atom stereocenters. The summed E-state index contributed by atoms with van der Waals surface area (Å²) in [4.78, 5) is 21.3. The van der Waals surface area contributed by atoms with E-state index in [0.717, 1.165) is 0 Å². The highest BCUT2D eigenvalue weighted by Gasteiger charge is 2.44. The van der Waals surface area contributed by atoms with Crippen molar-refractivity contribution in [1.82, 2.24) is 0 Å². The zero-order valence-electron chi connectivity index (χ0n) is 6.56. The molecule has 1 fully saturated rings. The molecule has 0 aromatic rings. The maximum absolute atomic E-state index is 10.7. The van der Waals surface area contributed by atoms with Gasteiger partial charge < -0.3 is 14.9 Å². The summed E-state index contributed by atoms with van der Waals surface area (Å²) in [5, 5.41) is 17.8. The molecule has 3 atom stereocenters. The van der Waals surface area contributed by atoms with E-state index < -0.39 is 29.9 Å². The van der Waals surface area contributed by atoms with E-state index in [1.54, 1.807) is 6.92 Å². The van der Waals surface area contributed by atoms with Crippen LogP contribution >= 0.6 is 0 Å². The summed E-state index contributed by atoms with van der Waals surface area (Å²) in [5.74, 6) is -2.37. The van der Waals surface area contributed by atoms with Crippen LogP contribution in [0.3, 0.4) is 0 Å². The van der Waals surface area contributed by atoms with Crippen LogP contribution in [-0.2, 0) is 14.3 Å². The van der Waals surface area contributed by atoms with Crippen molar-refractivity contribution in [2.75, 3.05) is 6.61 Å². The third-order valence-corrected chi connectivity index (χ3v) is 1.87. The molecule has 1 aliphatic heterocycles. The normalized spacial score (nSPS) is 31.9. The number of rotatable bonds is 2. The molecule has 2 N–H and O–H groups in total. The van der Waals surface area contributed by atoms with Gasteiger partial charge in [-0.25, -0.2) is 4.79 Å². The second kappa shape index (κ2) is 3.20. The smallest absolute Gasteiger partial charge is 0.377 e. The molecule has 0 amide bonds. The van der Waals surface area contributed by atoms with Crippen molar-refractivity contribution in [1.29, 1.82) is 0 Å². The predicted octanol–water partition coefficient (Wildman–Crippen LogP) is -1.53. The van der Waals surface area contributed by atoms with Crippen molar-refractivity contribution in [2.24, 2.45) is 5.92 Å². The van der Waals surface area contributed by atoms with Crippen molar-refractivity contribution in [3.8, 4) is 0 Å². The van der Waals surface area contributed by atoms with Gasteiger partial charge in [-0.15, -0.1) is 0 Å². The molecule has 5 heteroatoms. The lowest BCUT2D eigenvalue weighted by atomic mass is 10.0. The molecule has 0 aromatic carbocycles. The zero-order chi connectivity index (χ0) is 9.30. The Morgan fingerprint density at radius 2 is 2.17 bits per heavy atom. The fourth-order valence-corrected chi connectivity index (χ4v) is 1.05. The summed E-state index contributed by atoms with van der Waals surface area (Å²) in [5.41, 5.74) is 0. The molecule has 5 nitrogen and oxygen atoms in total. The van der Waals surface area contributed by atoms with Gasteiger partial charge in [-0.05, 0) is 0 Å². The van der Waals surface area contributed by atoms with Gasteiger partial charge in [-0.1, -0.05) is 6.92 Å². The minimum atomic E-state index is -1.42. The van der Waals surface area contributed by atoms with E-state index in [-0.39, 0.29) is 6.61 Å². The highest BCUT2D eigenvalue weighted by Crippen LogP contribution is 2.19. The molecule has 1 aliphatic rings. The standard InChI is InChI=1S/C7H10O5/c1-3(2-8)6-4(9)5(10)7(11)12-6/h3-4,6,8-9H,2H2,1H3. The van der Waals surface area contributed by atoms with E-state index in [2.05, 4.69) is 4.74 Å². The largest absolute Gasteiger partial charge is 0.453 e. The average molecular weight is 174 g/mol. The number of hydrogen-bond donors (Lipinski definition) is 2. The van der Waals surface area contributed by atoms with Crippen molar-refractivity contribution < 1.29 is 24.5 Å². The lowest BCUT2D eigenvalue weighted by Gasteiger charge is -2.16. The van der Waals surface area contributed by atoms with Crippen LogP contribution in [0.15, 0.2) is 0 Å². The highest BCUT2D eigenvalue weighted by atomic mass is 16.6. The monoisotopic (exact) mass is 174 g/mol. The summed E-state index contributed by atoms with van der Waals surface area (Å²) in [6.07, 6.45) is -2.31. The maximum Gasteiger partial charge on any atom is 0.377 e. The molecule has 1 rings (SSSR count). The molecule has 0 bridgehead atoms. The Morgan fingerprint density at radius 3 is 2.50 bits per heavy atom. The van der Waals surface area contributed by atoms with Crippen molar-refractivity contribution in [3.63, 3.8) is 0 Å². The quantitative estimate of drug-likeness (QED) is 0.392. The first-order valence-electron chi connectivity index (χ1n) is 3.61. The fraction of sp³-hybridized carbons (Fsp3) is 0.714. The van der Waals surface area contributed by atoms with E-state index >= 15 is 0 Å². The minimum absolute atomic E-state index is 0.234. The summed E-state index contributed by atoms with van der Waals surface area (Å²) in [6.45, 7) is 1.35. The molecule has 1 heterocycles. The topological polar surface area (TPSA) is 83.8 Å². The number of aliphatic hydroxyl groups excluding tert-OH is 2. The second-order valence-electron chi connectivity index (χ2n) is 2.84. The van der Waals surface area contributed by atoms with Gasteiger partial charge in [-0.3, -0.25) is 4.79 Å². The lowest BCUT2D eigenvalue weighted by Crippen LogP contribution is -2.33. The number of ketones is 1. The molecule has 0 saturated carbocycles. The van der Waals surface area contributed by atoms with Gasteiger partial charge in [0.25, 0.3) is 5.78 Å². The molecule has 0 aliphatic carbocycles. The molecule has 12 heavy (non-hydrogen) atoms. The average Bonchev–Trinajstić information content (AvgIpc) is 2.32. The minimum Gasteiger partial charge on any atom is -0.453 e. The molecule has 68 valence electrons. The van der Waals surface area contributed by atoms with Crippen LogP contribution in [0, 0.1) is 5.92 Å². The molecular weight excluding hydrogens is 164 g/mol. The van der Waals surface area contributed by atoms with Gasteiger partial charge in [0.1, 0.15) is 6.10 Å². The van der Waals surface area contributed by atoms with E-state index in [1.165, 1.54) is 0 Å². The Hall–Kier alpha value is -0.940. The first kappa shape index (κ1) is 9.15. The van der Waals surface area contributed by atoms with E-state index in [9.17, 15) is 9.59 Å². The third-order valence-electron chi connectivity index (χ3n) is 1.87. The second-order valence-corrected chi connectivity index (χ2v) is 2.84. The molecule has 0 aromatic heterocycles. The van der Waals surface area contributed by atoms with E-state index in [1.807, 2.05) is 0 Å². The van der Waals surface area contributed by atoms with E-state index in [0.29, 0.717) is 0 Å². The number of aliphatic hydroxyl groups is 2. The summed E-state index contributed by atoms with van der Waals surface area (Å²) < 4.78 is 4.54. The predicted molar refractivity (Wildman–Crippen MR) is 37.1 cm³/mol. The van der Waals surface area contributed by atoms with Crippen LogP contribution in [0.1, 0.15) is 6.92 Å². The number of carbonyl (C=O) groups is 2. The van der Waals surface area contributed by atoms with Crippen LogP contribution in [0.5, 0.6) is 0 Å². The SMILES string of the molecule is CC(CO)C1OC(=O)C(=O)C1O. The summed E-state index contributed by atoms with van der Waals surface area (Å²) >= 11 is 0. The summed E-state index contributed by atoms with van der Waals surface area (Å²) in [7, 11) is 0. The Bertz CT molecular complexity index is 212. The van der Waals surface area contributed by atoms with Gasteiger partial charge in [0.05, 0.1) is 0 Å². The van der Waals surface area contributed by atoms with Crippen LogP contribution in [0.4, 0.5) is 0 Å². The number of hydrogen-bond acceptors (Lipinski definition) is 5. The molecular formula is C7H10O5. The van der Waals surface area contributed by atoms with E-state index in [4.69, 9.17) is 10.2 Å².